The van der Waals surface area contributed by atoms with E-state index in [9.17, 15) is 0 Å². The molecule has 0 nitrogen and oxygen atoms in total. The Labute approximate surface area is 67.6 Å². The van der Waals surface area contributed by atoms with E-state index in [1.54, 1.807) is 0 Å². The van der Waals surface area contributed by atoms with Gasteiger partial charge < -0.3 is 0 Å². The number of hydrogen-bond donors (Lipinski definition) is 0. The average molecular weight is 156 g/mol. The summed E-state index contributed by atoms with van der Waals surface area (Å²) in [6.07, 6.45) is 6.24. The highest BCUT2D eigenvalue weighted by molar-refractivity contribution is 6.31. The van der Waals surface area contributed by atoms with Gasteiger partial charge in [-0.05, 0) is 24.8 Å². The van der Waals surface area contributed by atoms with Crippen LogP contribution in [-0.4, -0.2) is 0 Å². The molecule has 0 fully saturated rings. The third-order valence-corrected chi connectivity index (χ3v) is 1.69. The lowest BCUT2D eigenvalue weighted by atomic mass is 9.83. The van der Waals surface area contributed by atoms with E-state index in [4.69, 9.17) is 11.6 Å². The van der Waals surface area contributed by atoms with Gasteiger partial charge in [0.25, 0.3) is 0 Å². The first kappa shape index (κ1) is 7.87. The Bertz CT molecular complexity index is 197. The highest BCUT2D eigenvalue weighted by atomic mass is 35.5. The van der Waals surface area contributed by atoms with E-state index < -0.39 is 0 Å². The second kappa shape index (κ2) is 2.43. The van der Waals surface area contributed by atoms with Crippen molar-refractivity contribution in [2.45, 2.75) is 20.8 Å². The minimum Gasteiger partial charge on any atom is -0.0847 e. The molecule has 0 saturated heterocycles. The second-order valence-electron chi connectivity index (χ2n) is 3.38. The van der Waals surface area contributed by atoms with Gasteiger partial charge in [0.15, 0.2) is 0 Å². The minimum absolute atomic E-state index is 0.135. The predicted octanol–water partition coefficient (Wildman–Crippen LogP) is 3.30. The summed E-state index contributed by atoms with van der Waals surface area (Å²) in [6.45, 7) is 6.36. The largest absolute Gasteiger partial charge is 0.0847 e. The third kappa shape index (κ3) is 1.88. The molecule has 0 saturated carbocycles. The molecule has 0 aromatic rings. The van der Waals surface area contributed by atoms with Crippen molar-refractivity contribution in [3.05, 3.63) is 29.2 Å². The highest BCUT2D eigenvalue weighted by Crippen LogP contribution is 2.32. The molecule has 0 atom stereocenters. The van der Waals surface area contributed by atoms with Crippen molar-refractivity contribution < 1.29 is 0 Å². The van der Waals surface area contributed by atoms with Gasteiger partial charge in [0, 0.05) is 5.03 Å². The Morgan fingerprint density at radius 2 is 2.00 bits per heavy atom. The monoisotopic (exact) mass is 155 g/mol. The van der Waals surface area contributed by atoms with Gasteiger partial charge in [0.1, 0.15) is 0 Å². The molecule has 0 unspecified atom stereocenters. The van der Waals surface area contributed by atoms with Crippen molar-refractivity contribution >= 4 is 11.6 Å². The lowest BCUT2D eigenvalue weighted by Gasteiger charge is -2.24. The molecule has 0 aromatic carbocycles. The van der Waals surface area contributed by atoms with Crippen molar-refractivity contribution in [1.82, 2.24) is 0 Å². The van der Waals surface area contributed by atoms with E-state index in [0.717, 1.165) is 5.03 Å². The van der Waals surface area contributed by atoms with Crippen molar-refractivity contribution in [2.24, 2.45) is 5.41 Å². The Morgan fingerprint density at radius 1 is 1.40 bits per heavy atom. The van der Waals surface area contributed by atoms with Crippen LogP contribution in [-0.2, 0) is 0 Å². The van der Waals surface area contributed by atoms with Gasteiger partial charge >= 0.3 is 0 Å². The topological polar surface area (TPSA) is 0 Å². The maximum Gasteiger partial charge on any atom is 0.0371 e. The molecular weight excluding hydrogens is 144 g/mol. The Balaban J connectivity index is 2.88. The van der Waals surface area contributed by atoms with Crippen LogP contribution in [0.15, 0.2) is 22.8 Å². The molecule has 0 aliphatic heterocycles. The van der Waals surface area contributed by atoms with Gasteiger partial charge in [-0.1, -0.05) is 37.1 Å². The van der Waals surface area contributed by atoms with Crippen molar-refractivity contribution in [3.63, 3.8) is 0 Å². The standard InChI is InChI=1S/C9H12Cl/c1-7-4-8(10)6-9(2,3)5-7/h4-6H,1-3H3. The lowest BCUT2D eigenvalue weighted by molar-refractivity contribution is 0.573. The van der Waals surface area contributed by atoms with Crippen LogP contribution in [0.5, 0.6) is 0 Å². The van der Waals surface area contributed by atoms with Crippen molar-refractivity contribution in [2.75, 3.05) is 0 Å². The Hall–Kier alpha value is -0.230. The fourth-order valence-corrected chi connectivity index (χ4v) is 1.74. The molecule has 1 aliphatic carbocycles. The molecule has 0 aromatic heterocycles. The van der Waals surface area contributed by atoms with Crippen molar-refractivity contribution in [3.8, 4) is 0 Å². The second-order valence-corrected chi connectivity index (χ2v) is 3.82. The molecular formula is C9H12Cl. The zero-order valence-electron chi connectivity index (χ0n) is 6.61. The predicted molar refractivity (Wildman–Crippen MR) is 45.8 cm³/mol. The summed E-state index contributed by atoms with van der Waals surface area (Å²) >= 11 is 5.86. The summed E-state index contributed by atoms with van der Waals surface area (Å²) in [5.74, 6) is 0. The summed E-state index contributed by atoms with van der Waals surface area (Å²) < 4.78 is 0. The van der Waals surface area contributed by atoms with E-state index >= 15 is 0 Å². The molecule has 1 heteroatoms. The zero-order valence-corrected chi connectivity index (χ0v) is 7.37. The maximum absolute atomic E-state index is 5.86. The maximum atomic E-state index is 5.86. The summed E-state index contributed by atoms with van der Waals surface area (Å²) in [6, 6.07) is 0. The van der Waals surface area contributed by atoms with Gasteiger partial charge in [0.05, 0.1) is 0 Å². The van der Waals surface area contributed by atoms with E-state index in [0.29, 0.717) is 0 Å². The summed E-state index contributed by atoms with van der Waals surface area (Å²) in [7, 11) is 0. The molecule has 55 valence electrons. The molecule has 1 radical (unpaired) electrons. The first-order chi connectivity index (χ1) is 4.49. The van der Waals surface area contributed by atoms with Crippen LogP contribution in [0.2, 0.25) is 0 Å². The number of rotatable bonds is 0. The van der Waals surface area contributed by atoms with Gasteiger partial charge in [-0.15, -0.1) is 0 Å². The Kier molecular flexibility index (Phi) is 1.91. The van der Waals surface area contributed by atoms with Crippen LogP contribution in [0, 0.1) is 11.8 Å². The van der Waals surface area contributed by atoms with Crippen molar-refractivity contribution in [1.29, 1.82) is 0 Å². The average Bonchev–Trinajstić information content (AvgIpc) is 1.54. The van der Waals surface area contributed by atoms with Crippen LogP contribution in [0.25, 0.3) is 0 Å². The highest BCUT2D eigenvalue weighted by Gasteiger charge is 2.19. The fourth-order valence-electron chi connectivity index (χ4n) is 1.28. The minimum atomic E-state index is 0.135. The molecule has 0 heterocycles. The molecule has 1 aliphatic rings. The SMILES string of the molecule is CC1=CC(Cl)=CC(C)(C)[CH]1. The summed E-state index contributed by atoms with van der Waals surface area (Å²) in [5.41, 5.74) is 1.38. The number of allylic oxidation sites excluding steroid dienone is 4. The molecule has 10 heavy (non-hydrogen) atoms. The van der Waals surface area contributed by atoms with Crippen LogP contribution in [0.1, 0.15) is 20.8 Å². The Morgan fingerprint density at radius 3 is 2.40 bits per heavy atom. The first-order valence-electron chi connectivity index (χ1n) is 3.42. The molecule has 0 bridgehead atoms. The van der Waals surface area contributed by atoms with Crippen LogP contribution < -0.4 is 0 Å². The third-order valence-electron chi connectivity index (χ3n) is 1.48. The van der Waals surface area contributed by atoms with Crippen LogP contribution in [0.3, 0.4) is 0 Å². The zero-order chi connectivity index (χ0) is 7.78. The van der Waals surface area contributed by atoms with Gasteiger partial charge in [-0.2, -0.15) is 0 Å². The van der Waals surface area contributed by atoms with Gasteiger partial charge in [-0.3, -0.25) is 0 Å². The van der Waals surface area contributed by atoms with Crippen LogP contribution >= 0.6 is 11.6 Å². The molecule has 0 amide bonds. The first-order valence-corrected chi connectivity index (χ1v) is 3.80. The fraction of sp³-hybridized carbons (Fsp3) is 0.444. The lowest BCUT2D eigenvalue weighted by Crippen LogP contribution is -2.12. The normalized spacial score (nSPS) is 23.6. The number of halogens is 1. The number of hydrogen-bond acceptors (Lipinski definition) is 0. The van der Waals surface area contributed by atoms with E-state index in [2.05, 4.69) is 33.3 Å². The molecule has 0 spiro atoms. The van der Waals surface area contributed by atoms with E-state index in [1.807, 2.05) is 6.08 Å². The van der Waals surface area contributed by atoms with E-state index in [-0.39, 0.29) is 5.41 Å². The van der Waals surface area contributed by atoms with E-state index in [1.165, 1.54) is 5.57 Å². The molecule has 1 rings (SSSR count). The van der Waals surface area contributed by atoms with Crippen LogP contribution in [0.4, 0.5) is 0 Å². The smallest absolute Gasteiger partial charge is 0.0371 e. The quantitative estimate of drug-likeness (QED) is 0.504. The molecule has 0 N–H and O–H groups in total. The van der Waals surface area contributed by atoms with Gasteiger partial charge in [0.2, 0.25) is 0 Å². The summed E-state index contributed by atoms with van der Waals surface area (Å²) in [5, 5.41) is 0.852. The van der Waals surface area contributed by atoms with Gasteiger partial charge in [-0.25, -0.2) is 0 Å². The summed E-state index contributed by atoms with van der Waals surface area (Å²) in [4.78, 5) is 0.